The first-order valence-electron chi connectivity index (χ1n) is 11.8. The van der Waals surface area contributed by atoms with Crippen molar-refractivity contribution in [2.75, 3.05) is 53.0 Å². The number of nitrogens with one attached hydrogen (secondary N) is 1. The molecule has 3 aromatic rings. The molecule has 0 radical (unpaired) electrons. The Kier molecular flexibility index (Phi) is 8.19. The van der Waals surface area contributed by atoms with Gasteiger partial charge in [-0.1, -0.05) is 13.8 Å². The number of aromatic amines is 1. The summed E-state index contributed by atoms with van der Waals surface area (Å²) in [7, 11) is 1.65. The number of fused-ring (bicyclic) bond motifs is 1. The van der Waals surface area contributed by atoms with Crippen LogP contribution in [0.15, 0.2) is 22.0 Å². The molecule has 0 unspecified atom stereocenters. The molecule has 0 atom stereocenters. The van der Waals surface area contributed by atoms with Crippen LogP contribution in [-0.4, -0.2) is 87.0 Å². The van der Waals surface area contributed by atoms with Gasteiger partial charge in [0.05, 0.1) is 31.0 Å². The maximum Gasteiger partial charge on any atom is 0.279 e. The molecule has 1 fully saturated rings. The monoisotopic (exact) mass is 487 g/mol. The molecule has 4 heterocycles. The summed E-state index contributed by atoms with van der Waals surface area (Å²) >= 11 is 1.68. The van der Waals surface area contributed by atoms with E-state index < -0.39 is 0 Å². The number of hydrogen-bond acceptors (Lipinski definition) is 9. The maximum absolute atomic E-state index is 13.0. The van der Waals surface area contributed by atoms with E-state index >= 15 is 0 Å². The van der Waals surface area contributed by atoms with Crippen LogP contribution in [-0.2, 0) is 17.7 Å². The van der Waals surface area contributed by atoms with Crippen LogP contribution in [0.1, 0.15) is 26.5 Å². The second kappa shape index (κ2) is 11.3. The van der Waals surface area contributed by atoms with Gasteiger partial charge in [-0.2, -0.15) is 5.10 Å². The fraction of sp³-hybridized carbons (Fsp3) is 0.565. The minimum absolute atomic E-state index is 0.276. The number of H-pyrrole nitrogens is 1. The number of pyridine rings is 1. The zero-order chi connectivity index (χ0) is 24.1. The summed E-state index contributed by atoms with van der Waals surface area (Å²) in [4.78, 5) is 28.7. The van der Waals surface area contributed by atoms with E-state index in [1.165, 1.54) is 0 Å². The maximum atomic E-state index is 13.0. The smallest absolute Gasteiger partial charge is 0.279 e. The Morgan fingerprint density at radius 1 is 1.15 bits per heavy atom. The molecule has 0 spiro atoms. The molecule has 34 heavy (non-hydrogen) atoms. The minimum Gasteiger partial charge on any atom is -0.477 e. The Morgan fingerprint density at radius 2 is 1.94 bits per heavy atom. The van der Waals surface area contributed by atoms with Crippen LogP contribution in [0.25, 0.3) is 22.4 Å². The third-order valence-electron chi connectivity index (χ3n) is 5.92. The molecule has 0 bridgehead atoms. The molecular formula is C23H33N7O3S. The average molecular weight is 488 g/mol. The molecule has 184 valence electrons. The summed E-state index contributed by atoms with van der Waals surface area (Å²) in [6.07, 6.45) is 2.52. The third kappa shape index (κ3) is 5.27. The fourth-order valence-electron chi connectivity index (χ4n) is 4.09. The van der Waals surface area contributed by atoms with E-state index in [4.69, 9.17) is 14.5 Å². The second-order valence-electron chi connectivity index (χ2n) is 8.04. The molecule has 0 aromatic carbocycles. The first kappa shape index (κ1) is 24.6. The first-order valence-corrected chi connectivity index (χ1v) is 12.6. The van der Waals surface area contributed by atoms with E-state index in [9.17, 15) is 4.79 Å². The topological polar surface area (TPSA) is 101 Å². The quantitative estimate of drug-likeness (QED) is 0.432. The van der Waals surface area contributed by atoms with E-state index in [2.05, 4.69) is 31.2 Å². The largest absolute Gasteiger partial charge is 0.477 e. The van der Waals surface area contributed by atoms with E-state index in [1.807, 2.05) is 30.8 Å². The van der Waals surface area contributed by atoms with Gasteiger partial charge < -0.3 is 19.4 Å². The van der Waals surface area contributed by atoms with Gasteiger partial charge >= 0.3 is 0 Å². The van der Waals surface area contributed by atoms with Crippen LogP contribution in [0, 0.1) is 0 Å². The lowest BCUT2D eigenvalue weighted by Crippen LogP contribution is -2.43. The Balaban J connectivity index is 1.70. The fourth-order valence-corrected chi connectivity index (χ4v) is 5.01. The molecule has 0 aliphatic carbocycles. The van der Waals surface area contributed by atoms with Gasteiger partial charge in [0.15, 0.2) is 5.52 Å². The van der Waals surface area contributed by atoms with Crippen molar-refractivity contribution in [1.29, 1.82) is 0 Å². The minimum atomic E-state index is -0.276. The molecule has 1 aliphatic rings. The highest BCUT2D eigenvalue weighted by Gasteiger charge is 2.21. The average Bonchev–Trinajstić information content (AvgIpc) is 3.22. The molecule has 0 saturated carbocycles. The van der Waals surface area contributed by atoms with Crippen molar-refractivity contribution in [2.24, 2.45) is 0 Å². The van der Waals surface area contributed by atoms with Crippen molar-refractivity contribution in [3.05, 3.63) is 28.3 Å². The standard InChI is InChI=1S/C23H33N7O3S/c1-5-18-19-20(27-30(18)12-13-32-4)22(31)26-21(25-19)17-14-16(15-24-23(17)33-7-3)34-29-10-8-28(6-2)9-11-29/h14-15H,5-13H2,1-4H3,(H,25,26,31). The van der Waals surface area contributed by atoms with Gasteiger partial charge in [0.1, 0.15) is 11.3 Å². The SMILES string of the molecule is CCOc1ncc(SN2CCN(CC)CC2)cc1-c1nc2c(CC)n(CCOC)nc2c(=O)[nH]1. The van der Waals surface area contributed by atoms with Crippen molar-refractivity contribution in [1.82, 2.24) is 33.9 Å². The number of methoxy groups -OCH3 is 1. The van der Waals surface area contributed by atoms with Gasteiger partial charge in [-0.3, -0.25) is 9.48 Å². The van der Waals surface area contributed by atoms with Crippen LogP contribution in [0.2, 0.25) is 0 Å². The summed E-state index contributed by atoms with van der Waals surface area (Å²) in [5.74, 6) is 0.891. The highest BCUT2D eigenvalue weighted by atomic mass is 32.2. The highest BCUT2D eigenvalue weighted by molar-refractivity contribution is 7.97. The summed E-state index contributed by atoms with van der Waals surface area (Å²) in [5.41, 5.74) is 2.24. The molecular weight excluding hydrogens is 454 g/mol. The molecule has 10 nitrogen and oxygen atoms in total. The number of aromatic nitrogens is 5. The van der Waals surface area contributed by atoms with Gasteiger partial charge in [-0.15, -0.1) is 0 Å². The van der Waals surface area contributed by atoms with Gasteiger partial charge in [0, 0.05) is 44.4 Å². The molecule has 4 rings (SSSR count). The van der Waals surface area contributed by atoms with Crippen LogP contribution in [0.5, 0.6) is 5.88 Å². The third-order valence-corrected chi connectivity index (χ3v) is 6.98. The van der Waals surface area contributed by atoms with Crippen molar-refractivity contribution >= 4 is 23.0 Å². The number of ether oxygens (including phenoxy) is 2. The lowest BCUT2D eigenvalue weighted by Gasteiger charge is -2.33. The number of hydrogen-bond donors (Lipinski definition) is 1. The van der Waals surface area contributed by atoms with Crippen LogP contribution < -0.4 is 10.3 Å². The zero-order valence-corrected chi connectivity index (χ0v) is 21.2. The summed E-state index contributed by atoms with van der Waals surface area (Å²) in [6, 6.07) is 2.00. The second-order valence-corrected chi connectivity index (χ2v) is 9.21. The number of likely N-dealkylation sites (N-methyl/N-ethyl adjacent to an activating group) is 1. The van der Waals surface area contributed by atoms with Crippen LogP contribution in [0.3, 0.4) is 0 Å². The van der Waals surface area contributed by atoms with E-state index in [0.29, 0.717) is 54.5 Å². The molecule has 3 aromatic heterocycles. The highest BCUT2D eigenvalue weighted by Crippen LogP contribution is 2.32. The molecule has 1 aliphatic heterocycles. The van der Waals surface area contributed by atoms with Gasteiger partial charge in [-0.05, 0) is 37.9 Å². The number of aryl methyl sites for hydroxylation is 1. The van der Waals surface area contributed by atoms with Crippen LogP contribution in [0.4, 0.5) is 0 Å². The first-order chi connectivity index (χ1) is 16.6. The molecule has 1 N–H and O–H groups in total. The number of nitrogens with zero attached hydrogens (tertiary/aromatic N) is 6. The summed E-state index contributed by atoms with van der Waals surface area (Å²) in [6.45, 7) is 12.8. The molecule has 11 heteroatoms. The van der Waals surface area contributed by atoms with Crippen molar-refractivity contribution in [2.45, 2.75) is 38.6 Å². The lowest BCUT2D eigenvalue weighted by molar-refractivity contribution is 0.183. The van der Waals surface area contributed by atoms with E-state index in [1.54, 1.807) is 19.1 Å². The zero-order valence-electron chi connectivity index (χ0n) is 20.3. The van der Waals surface area contributed by atoms with E-state index in [-0.39, 0.29) is 5.56 Å². The van der Waals surface area contributed by atoms with Crippen LogP contribution >= 0.6 is 11.9 Å². The van der Waals surface area contributed by atoms with E-state index in [0.717, 1.165) is 43.3 Å². The normalized spacial score (nSPS) is 15.3. The Bertz CT molecular complexity index is 1170. The Hall–Kier alpha value is -2.47. The molecule has 0 amide bonds. The summed E-state index contributed by atoms with van der Waals surface area (Å²) in [5, 5.41) is 4.49. The number of piperazine rings is 1. The Morgan fingerprint density at radius 3 is 2.62 bits per heavy atom. The van der Waals surface area contributed by atoms with Crippen molar-refractivity contribution in [3.63, 3.8) is 0 Å². The predicted octanol–water partition coefficient (Wildman–Crippen LogP) is 2.43. The lowest BCUT2D eigenvalue weighted by atomic mass is 10.2. The van der Waals surface area contributed by atoms with Gasteiger partial charge in [0.2, 0.25) is 5.88 Å². The van der Waals surface area contributed by atoms with Gasteiger partial charge in [0.25, 0.3) is 5.56 Å². The van der Waals surface area contributed by atoms with Crippen molar-refractivity contribution < 1.29 is 9.47 Å². The molecule has 1 saturated heterocycles. The summed E-state index contributed by atoms with van der Waals surface area (Å²) < 4.78 is 15.1. The van der Waals surface area contributed by atoms with Crippen molar-refractivity contribution in [3.8, 4) is 17.3 Å². The Labute approximate surface area is 203 Å². The predicted molar refractivity (Wildman–Crippen MR) is 133 cm³/mol. The number of rotatable bonds is 10. The van der Waals surface area contributed by atoms with Gasteiger partial charge in [-0.25, -0.2) is 14.3 Å².